The van der Waals surface area contributed by atoms with E-state index in [9.17, 15) is 4.39 Å². The van der Waals surface area contributed by atoms with Crippen LogP contribution in [-0.2, 0) is 0 Å². The second-order valence-corrected chi connectivity index (χ2v) is 4.04. The highest BCUT2D eigenvalue weighted by atomic mass is 19.1. The summed E-state index contributed by atoms with van der Waals surface area (Å²) < 4.78 is 13.9. The van der Waals surface area contributed by atoms with Crippen LogP contribution in [0.1, 0.15) is 6.92 Å². The molecule has 1 aromatic carbocycles. The quantitative estimate of drug-likeness (QED) is 0.756. The zero-order valence-corrected chi connectivity index (χ0v) is 10.3. The van der Waals surface area contributed by atoms with Crippen molar-refractivity contribution in [2.24, 2.45) is 0 Å². The van der Waals surface area contributed by atoms with Crippen LogP contribution in [0.3, 0.4) is 0 Å². The van der Waals surface area contributed by atoms with Crippen LogP contribution in [-0.4, -0.2) is 26.7 Å². The number of nitrogens with one attached hydrogen (secondary N) is 2. The number of H-pyrrole nitrogens is 1. The summed E-state index contributed by atoms with van der Waals surface area (Å²) in [6.45, 7) is 2.64. The highest BCUT2D eigenvalue weighted by Crippen LogP contribution is 2.27. The summed E-state index contributed by atoms with van der Waals surface area (Å²) in [5.74, 6) is 0.142. The van der Waals surface area contributed by atoms with E-state index in [1.54, 1.807) is 24.4 Å². The molecule has 0 unspecified atom stereocenters. The Morgan fingerprint density at radius 3 is 2.89 bits per heavy atom. The first-order chi connectivity index (χ1) is 9.29. The molecule has 0 aliphatic rings. The second kappa shape index (κ2) is 4.64. The third-order valence-corrected chi connectivity index (χ3v) is 2.77. The molecule has 5 nitrogen and oxygen atoms in total. The summed E-state index contributed by atoms with van der Waals surface area (Å²) in [7, 11) is 0. The lowest BCUT2D eigenvalue weighted by atomic mass is 10.1. The lowest BCUT2D eigenvalue weighted by molar-refractivity contribution is 0.631. The van der Waals surface area contributed by atoms with Gasteiger partial charge in [-0.1, -0.05) is 12.1 Å². The predicted molar refractivity (Wildman–Crippen MR) is 71.2 cm³/mol. The van der Waals surface area contributed by atoms with E-state index in [2.05, 4.69) is 25.5 Å². The van der Waals surface area contributed by atoms with Crippen LogP contribution in [0.15, 0.2) is 30.5 Å². The van der Waals surface area contributed by atoms with Crippen LogP contribution < -0.4 is 5.32 Å². The number of hydrogen-bond acceptors (Lipinski definition) is 4. The highest BCUT2D eigenvalue weighted by Gasteiger charge is 2.13. The summed E-state index contributed by atoms with van der Waals surface area (Å²) in [4.78, 5) is 8.65. The Balaban J connectivity index is 2.26. The molecule has 0 atom stereocenters. The van der Waals surface area contributed by atoms with E-state index in [1.807, 2.05) is 6.92 Å². The molecule has 0 saturated heterocycles. The number of rotatable bonds is 3. The summed E-state index contributed by atoms with van der Waals surface area (Å²) >= 11 is 0. The monoisotopic (exact) mass is 257 g/mol. The van der Waals surface area contributed by atoms with Gasteiger partial charge in [-0.05, 0) is 19.1 Å². The van der Waals surface area contributed by atoms with Crippen LogP contribution in [0.4, 0.5) is 10.3 Å². The molecule has 0 bridgehead atoms. The molecule has 0 amide bonds. The number of aromatic nitrogens is 4. The fourth-order valence-electron chi connectivity index (χ4n) is 1.93. The SMILES string of the molecule is CCNc1nc(-c2ccccc2F)c2cn[nH]c2n1. The average molecular weight is 257 g/mol. The van der Waals surface area contributed by atoms with Gasteiger partial charge in [0.25, 0.3) is 0 Å². The van der Waals surface area contributed by atoms with E-state index >= 15 is 0 Å². The van der Waals surface area contributed by atoms with E-state index in [0.717, 1.165) is 0 Å². The van der Waals surface area contributed by atoms with Crippen molar-refractivity contribution in [3.8, 4) is 11.3 Å². The maximum atomic E-state index is 13.9. The van der Waals surface area contributed by atoms with Crippen LogP contribution >= 0.6 is 0 Å². The van der Waals surface area contributed by atoms with E-state index in [0.29, 0.717) is 34.8 Å². The number of benzene rings is 1. The fraction of sp³-hybridized carbons (Fsp3) is 0.154. The molecule has 0 spiro atoms. The number of hydrogen-bond donors (Lipinski definition) is 2. The first-order valence-electron chi connectivity index (χ1n) is 5.99. The molecule has 0 radical (unpaired) electrons. The van der Waals surface area contributed by atoms with Gasteiger partial charge in [0.15, 0.2) is 5.65 Å². The molecule has 96 valence electrons. The fourth-order valence-corrected chi connectivity index (χ4v) is 1.93. The number of aromatic amines is 1. The van der Waals surface area contributed by atoms with Crippen molar-refractivity contribution >= 4 is 17.0 Å². The van der Waals surface area contributed by atoms with Gasteiger partial charge < -0.3 is 5.32 Å². The van der Waals surface area contributed by atoms with Crippen molar-refractivity contribution in [3.63, 3.8) is 0 Å². The Morgan fingerprint density at radius 2 is 2.11 bits per heavy atom. The molecule has 0 fully saturated rings. The third-order valence-electron chi connectivity index (χ3n) is 2.77. The molecule has 0 aliphatic carbocycles. The number of nitrogens with zero attached hydrogens (tertiary/aromatic N) is 3. The molecular formula is C13H12FN5. The number of halogens is 1. The van der Waals surface area contributed by atoms with Gasteiger partial charge in [-0.25, -0.2) is 9.37 Å². The van der Waals surface area contributed by atoms with E-state index in [-0.39, 0.29) is 5.82 Å². The van der Waals surface area contributed by atoms with Gasteiger partial charge in [-0.3, -0.25) is 5.10 Å². The summed E-state index contributed by atoms with van der Waals surface area (Å²) in [6, 6.07) is 6.53. The van der Waals surface area contributed by atoms with Crippen LogP contribution in [0.5, 0.6) is 0 Å². The van der Waals surface area contributed by atoms with Crippen molar-refractivity contribution in [1.82, 2.24) is 20.2 Å². The summed E-state index contributed by atoms with van der Waals surface area (Å²) in [5.41, 5.74) is 1.56. The summed E-state index contributed by atoms with van der Waals surface area (Å²) in [6.07, 6.45) is 1.60. The maximum Gasteiger partial charge on any atom is 0.225 e. The number of anilines is 1. The molecule has 0 aliphatic heterocycles. The van der Waals surface area contributed by atoms with E-state index in [1.165, 1.54) is 6.07 Å². The average Bonchev–Trinajstić information content (AvgIpc) is 2.87. The Labute approximate surface area is 108 Å². The van der Waals surface area contributed by atoms with Gasteiger partial charge in [0.1, 0.15) is 5.82 Å². The van der Waals surface area contributed by atoms with E-state index in [4.69, 9.17) is 0 Å². The lowest BCUT2D eigenvalue weighted by Gasteiger charge is -2.07. The molecule has 2 heterocycles. The standard InChI is InChI=1S/C13H12FN5/c1-2-15-13-17-11(8-5-3-4-6-10(8)14)9-7-16-19-12(9)18-13/h3-7H,2H2,1H3,(H2,15,16,17,18,19). The zero-order chi connectivity index (χ0) is 13.2. The lowest BCUT2D eigenvalue weighted by Crippen LogP contribution is -2.03. The van der Waals surface area contributed by atoms with Gasteiger partial charge in [-0.15, -0.1) is 0 Å². The maximum absolute atomic E-state index is 13.9. The number of fused-ring (bicyclic) bond motifs is 1. The highest BCUT2D eigenvalue weighted by molar-refractivity contribution is 5.90. The molecule has 0 saturated carbocycles. The van der Waals surface area contributed by atoms with Crippen molar-refractivity contribution in [2.75, 3.05) is 11.9 Å². The van der Waals surface area contributed by atoms with Gasteiger partial charge in [0.05, 0.1) is 17.3 Å². The van der Waals surface area contributed by atoms with Crippen LogP contribution in [0, 0.1) is 5.82 Å². The minimum Gasteiger partial charge on any atom is -0.354 e. The third kappa shape index (κ3) is 2.01. The molecule has 2 N–H and O–H groups in total. The van der Waals surface area contributed by atoms with Gasteiger partial charge in [0.2, 0.25) is 5.95 Å². The minimum absolute atomic E-state index is 0.314. The minimum atomic E-state index is -0.314. The van der Waals surface area contributed by atoms with Gasteiger partial charge in [0, 0.05) is 12.1 Å². The topological polar surface area (TPSA) is 66.5 Å². The van der Waals surface area contributed by atoms with Crippen LogP contribution in [0.2, 0.25) is 0 Å². The Morgan fingerprint density at radius 1 is 1.26 bits per heavy atom. The predicted octanol–water partition coefficient (Wildman–Crippen LogP) is 2.59. The summed E-state index contributed by atoms with van der Waals surface area (Å²) in [5, 5.41) is 10.5. The van der Waals surface area contributed by atoms with Gasteiger partial charge >= 0.3 is 0 Å². The molecule has 6 heteroatoms. The molecule has 2 aromatic heterocycles. The van der Waals surface area contributed by atoms with Crippen molar-refractivity contribution in [2.45, 2.75) is 6.92 Å². The van der Waals surface area contributed by atoms with Crippen molar-refractivity contribution in [1.29, 1.82) is 0 Å². The van der Waals surface area contributed by atoms with Gasteiger partial charge in [-0.2, -0.15) is 10.1 Å². The Bertz CT molecular complexity index is 722. The zero-order valence-electron chi connectivity index (χ0n) is 10.3. The van der Waals surface area contributed by atoms with Crippen molar-refractivity contribution < 1.29 is 4.39 Å². The smallest absolute Gasteiger partial charge is 0.225 e. The molecule has 3 aromatic rings. The van der Waals surface area contributed by atoms with Crippen molar-refractivity contribution in [3.05, 3.63) is 36.3 Å². The Kier molecular flexibility index (Phi) is 2.83. The molecule has 19 heavy (non-hydrogen) atoms. The second-order valence-electron chi connectivity index (χ2n) is 4.04. The van der Waals surface area contributed by atoms with Crippen LogP contribution in [0.25, 0.3) is 22.3 Å². The first kappa shape index (κ1) is 11.6. The first-order valence-corrected chi connectivity index (χ1v) is 5.99. The normalized spacial score (nSPS) is 10.8. The molecular weight excluding hydrogens is 245 g/mol. The Hall–Kier alpha value is -2.50. The molecule has 3 rings (SSSR count). The largest absolute Gasteiger partial charge is 0.354 e. The van der Waals surface area contributed by atoms with E-state index < -0.39 is 0 Å².